The van der Waals surface area contributed by atoms with E-state index in [9.17, 15) is 9.59 Å². The van der Waals surface area contributed by atoms with Crippen LogP contribution in [0.4, 0.5) is 4.79 Å². The Balaban J connectivity index is 1.84. The van der Waals surface area contributed by atoms with Gasteiger partial charge in [0.2, 0.25) is 0 Å². The highest BCUT2D eigenvalue weighted by molar-refractivity contribution is 9.10. The SMILES string of the molecule is C#CCOc1c(Br)cc(/C=C2\SC(=O)N(Cc3ccc(Br)cc3)C2=O)cc1OC. The van der Waals surface area contributed by atoms with Gasteiger partial charge in [-0.2, -0.15) is 0 Å². The fraction of sp³-hybridized carbons (Fsp3) is 0.143. The van der Waals surface area contributed by atoms with Gasteiger partial charge in [0.05, 0.1) is 23.0 Å². The van der Waals surface area contributed by atoms with Crippen LogP contribution in [0.5, 0.6) is 11.5 Å². The number of benzene rings is 2. The molecule has 1 aliphatic heterocycles. The highest BCUT2D eigenvalue weighted by atomic mass is 79.9. The van der Waals surface area contributed by atoms with Gasteiger partial charge in [0, 0.05) is 4.47 Å². The maximum atomic E-state index is 12.8. The number of rotatable bonds is 6. The average molecular weight is 537 g/mol. The minimum Gasteiger partial charge on any atom is -0.493 e. The second-order valence-electron chi connectivity index (χ2n) is 5.92. The van der Waals surface area contributed by atoms with Crippen molar-refractivity contribution < 1.29 is 19.1 Å². The van der Waals surface area contributed by atoms with Gasteiger partial charge in [-0.15, -0.1) is 6.42 Å². The molecule has 29 heavy (non-hydrogen) atoms. The van der Waals surface area contributed by atoms with E-state index in [1.165, 1.54) is 12.0 Å². The lowest BCUT2D eigenvalue weighted by Crippen LogP contribution is -2.27. The number of hydrogen-bond donors (Lipinski definition) is 0. The molecule has 1 aliphatic rings. The van der Waals surface area contributed by atoms with Crippen LogP contribution in [0, 0.1) is 12.3 Å². The number of ether oxygens (including phenoxy) is 2. The number of methoxy groups -OCH3 is 1. The summed E-state index contributed by atoms with van der Waals surface area (Å²) in [6.45, 7) is 0.324. The molecule has 2 aromatic rings. The maximum Gasteiger partial charge on any atom is 0.293 e. The van der Waals surface area contributed by atoms with Crippen molar-refractivity contribution in [3.8, 4) is 23.8 Å². The molecule has 0 N–H and O–H groups in total. The number of amides is 2. The van der Waals surface area contributed by atoms with E-state index in [0.29, 0.717) is 26.4 Å². The van der Waals surface area contributed by atoms with Crippen molar-refractivity contribution in [2.75, 3.05) is 13.7 Å². The predicted octanol–water partition coefficient (Wildman–Crippen LogP) is 5.47. The summed E-state index contributed by atoms with van der Waals surface area (Å²) in [7, 11) is 1.51. The summed E-state index contributed by atoms with van der Waals surface area (Å²) in [6, 6.07) is 11.0. The van der Waals surface area contributed by atoms with Crippen LogP contribution in [-0.4, -0.2) is 29.8 Å². The van der Waals surface area contributed by atoms with E-state index in [0.717, 1.165) is 21.8 Å². The smallest absolute Gasteiger partial charge is 0.293 e. The zero-order valence-electron chi connectivity index (χ0n) is 15.3. The number of hydrogen-bond acceptors (Lipinski definition) is 5. The molecule has 2 amide bonds. The summed E-state index contributed by atoms with van der Waals surface area (Å²) in [5.74, 6) is 3.02. The number of thioether (sulfide) groups is 1. The van der Waals surface area contributed by atoms with Gasteiger partial charge in [-0.25, -0.2) is 0 Å². The third-order valence-corrected chi connectivity index (χ3v) is 6.00. The lowest BCUT2D eigenvalue weighted by molar-refractivity contribution is -0.123. The molecular weight excluding hydrogens is 522 g/mol. The van der Waals surface area contributed by atoms with Crippen molar-refractivity contribution in [1.29, 1.82) is 0 Å². The molecule has 148 valence electrons. The first-order valence-corrected chi connectivity index (χ1v) is 10.8. The molecule has 1 saturated heterocycles. The summed E-state index contributed by atoms with van der Waals surface area (Å²) in [5.41, 5.74) is 1.56. The molecule has 0 unspecified atom stereocenters. The fourth-order valence-corrected chi connectivity index (χ4v) is 4.31. The summed E-state index contributed by atoms with van der Waals surface area (Å²) in [5, 5.41) is -0.302. The normalized spacial score (nSPS) is 15.0. The molecule has 1 heterocycles. The molecule has 0 bridgehead atoms. The topological polar surface area (TPSA) is 55.8 Å². The van der Waals surface area contributed by atoms with Crippen molar-refractivity contribution in [3.63, 3.8) is 0 Å². The molecule has 0 saturated carbocycles. The Morgan fingerprint density at radius 3 is 2.59 bits per heavy atom. The first-order chi connectivity index (χ1) is 13.9. The van der Waals surface area contributed by atoms with Crippen molar-refractivity contribution in [2.24, 2.45) is 0 Å². The quantitative estimate of drug-likeness (QED) is 0.362. The van der Waals surface area contributed by atoms with Crippen LogP contribution in [0.25, 0.3) is 6.08 Å². The lowest BCUT2D eigenvalue weighted by Gasteiger charge is -2.13. The highest BCUT2D eigenvalue weighted by Gasteiger charge is 2.35. The summed E-state index contributed by atoms with van der Waals surface area (Å²) >= 11 is 7.71. The molecule has 8 heteroatoms. The standard InChI is InChI=1S/C21H15Br2NO4S/c1-3-8-28-19-16(23)9-14(10-17(19)27-2)11-18-20(25)24(21(26)29-18)12-13-4-6-15(22)7-5-13/h1,4-7,9-11H,8,12H2,2H3/b18-11-. The van der Waals surface area contributed by atoms with E-state index < -0.39 is 0 Å². The van der Waals surface area contributed by atoms with Crippen molar-refractivity contribution >= 4 is 60.8 Å². The van der Waals surface area contributed by atoms with Crippen LogP contribution in [0.3, 0.4) is 0 Å². The number of halogens is 2. The van der Waals surface area contributed by atoms with Crippen LogP contribution in [-0.2, 0) is 11.3 Å². The van der Waals surface area contributed by atoms with Gasteiger partial charge in [-0.3, -0.25) is 14.5 Å². The molecule has 0 spiro atoms. The van der Waals surface area contributed by atoms with Crippen LogP contribution in [0.1, 0.15) is 11.1 Å². The van der Waals surface area contributed by atoms with Gasteiger partial charge in [0.15, 0.2) is 11.5 Å². The molecule has 0 aromatic heterocycles. The molecule has 0 aliphatic carbocycles. The predicted molar refractivity (Wildman–Crippen MR) is 121 cm³/mol. The van der Waals surface area contributed by atoms with Gasteiger partial charge in [0.25, 0.3) is 11.1 Å². The Labute approximate surface area is 189 Å². The number of carbonyl (C=O) groups is 2. The summed E-state index contributed by atoms with van der Waals surface area (Å²) < 4.78 is 12.4. The first kappa shape index (κ1) is 21.5. The molecular formula is C21H15Br2NO4S. The Kier molecular flexibility index (Phi) is 7.06. The zero-order chi connectivity index (χ0) is 21.0. The minimum absolute atomic E-state index is 0.100. The Hall–Kier alpha value is -2.21. The Bertz CT molecular complexity index is 1030. The van der Waals surface area contributed by atoms with E-state index in [-0.39, 0.29) is 24.3 Å². The zero-order valence-corrected chi connectivity index (χ0v) is 19.3. The van der Waals surface area contributed by atoms with Crippen LogP contribution < -0.4 is 9.47 Å². The highest BCUT2D eigenvalue weighted by Crippen LogP contribution is 2.39. The second kappa shape index (κ2) is 9.53. The molecule has 0 atom stereocenters. The van der Waals surface area contributed by atoms with Gasteiger partial charge < -0.3 is 9.47 Å². The van der Waals surface area contributed by atoms with Crippen LogP contribution in [0.15, 0.2) is 50.2 Å². The van der Waals surface area contributed by atoms with Gasteiger partial charge in [-0.1, -0.05) is 34.0 Å². The van der Waals surface area contributed by atoms with E-state index in [1.807, 2.05) is 24.3 Å². The molecule has 0 radical (unpaired) electrons. The van der Waals surface area contributed by atoms with Crippen LogP contribution >= 0.6 is 43.6 Å². The molecule has 3 rings (SSSR count). The lowest BCUT2D eigenvalue weighted by atomic mass is 10.1. The van der Waals surface area contributed by atoms with E-state index >= 15 is 0 Å². The number of imide groups is 1. The van der Waals surface area contributed by atoms with E-state index in [1.54, 1.807) is 18.2 Å². The summed E-state index contributed by atoms with van der Waals surface area (Å²) in [4.78, 5) is 26.7. The number of terminal acetylenes is 1. The Morgan fingerprint density at radius 2 is 1.93 bits per heavy atom. The second-order valence-corrected chi connectivity index (χ2v) is 8.68. The van der Waals surface area contributed by atoms with E-state index in [2.05, 4.69) is 37.8 Å². The first-order valence-electron chi connectivity index (χ1n) is 8.36. The molecule has 2 aromatic carbocycles. The minimum atomic E-state index is -0.328. The van der Waals surface area contributed by atoms with Gasteiger partial charge in [-0.05, 0) is 69.2 Å². The molecule has 1 fully saturated rings. The Morgan fingerprint density at radius 1 is 1.21 bits per heavy atom. The molecule has 5 nitrogen and oxygen atoms in total. The van der Waals surface area contributed by atoms with Crippen molar-refractivity contribution in [2.45, 2.75) is 6.54 Å². The number of carbonyl (C=O) groups excluding carboxylic acids is 2. The number of nitrogens with zero attached hydrogens (tertiary/aromatic N) is 1. The average Bonchev–Trinajstić information content (AvgIpc) is 2.95. The van der Waals surface area contributed by atoms with Gasteiger partial charge >= 0.3 is 0 Å². The monoisotopic (exact) mass is 535 g/mol. The summed E-state index contributed by atoms with van der Waals surface area (Å²) in [6.07, 6.45) is 6.90. The van der Waals surface area contributed by atoms with Crippen molar-refractivity contribution in [1.82, 2.24) is 4.90 Å². The van der Waals surface area contributed by atoms with Crippen molar-refractivity contribution in [3.05, 3.63) is 61.4 Å². The fourth-order valence-electron chi connectivity index (χ4n) is 2.64. The maximum absolute atomic E-state index is 12.8. The largest absolute Gasteiger partial charge is 0.493 e. The third kappa shape index (κ3) is 5.04. The van der Waals surface area contributed by atoms with Crippen LogP contribution in [0.2, 0.25) is 0 Å². The van der Waals surface area contributed by atoms with Gasteiger partial charge in [0.1, 0.15) is 6.61 Å². The van der Waals surface area contributed by atoms with E-state index in [4.69, 9.17) is 15.9 Å². The third-order valence-electron chi connectivity index (χ3n) is 3.98.